The predicted octanol–water partition coefficient (Wildman–Crippen LogP) is 3.38. The number of halogens is 2. The second-order valence-corrected chi connectivity index (χ2v) is 6.27. The molecule has 1 atom stereocenters. The smallest absolute Gasteiger partial charge is 0.224 e. The van der Waals surface area contributed by atoms with E-state index in [1.165, 1.54) is 12.1 Å². The van der Waals surface area contributed by atoms with Gasteiger partial charge in [-0.1, -0.05) is 13.8 Å². The lowest BCUT2D eigenvalue weighted by Gasteiger charge is -2.17. The quantitative estimate of drug-likeness (QED) is 0.746. The van der Waals surface area contributed by atoms with Gasteiger partial charge in [0.1, 0.15) is 5.82 Å². The van der Waals surface area contributed by atoms with Gasteiger partial charge < -0.3 is 11.1 Å². The molecule has 1 aromatic carbocycles. The highest BCUT2D eigenvalue weighted by molar-refractivity contribution is 14.1. The second kappa shape index (κ2) is 7.79. The number of nitrogens with two attached hydrogens (primary N) is 1. The number of amides is 1. The zero-order chi connectivity index (χ0) is 14.4. The highest BCUT2D eigenvalue weighted by Gasteiger charge is 2.15. The van der Waals surface area contributed by atoms with Crippen LogP contribution in [0.4, 0.5) is 10.1 Å². The summed E-state index contributed by atoms with van der Waals surface area (Å²) in [4.78, 5) is 11.9. The van der Waals surface area contributed by atoms with Crippen molar-refractivity contribution in [3.63, 3.8) is 0 Å². The van der Waals surface area contributed by atoms with Crippen molar-refractivity contribution >= 4 is 34.2 Å². The molecule has 1 aromatic rings. The molecule has 0 radical (unpaired) electrons. The number of benzene rings is 1. The first-order chi connectivity index (χ1) is 8.92. The van der Waals surface area contributed by atoms with Crippen LogP contribution in [0, 0.1) is 21.2 Å². The SMILES string of the molecule is CC(C)C[C@H](CN)CC(=O)Nc1ccc(F)cc1I. The van der Waals surface area contributed by atoms with Crippen molar-refractivity contribution in [3.05, 3.63) is 27.6 Å². The van der Waals surface area contributed by atoms with Crippen molar-refractivity contribution < 1.29 is 9.18 Å². The molecule has 0 spiro atoms. The van der Waals surface area contributed by atoms with Crippen molar-refractivity contribution in [1.29, 1.82) is 0 Å². The molecule has 0 heterocycles. The van der Waals surface area contributed by atoms with Gasteiger partial charge in [-0.3, -0.25) is 4.79 Å². The van der Waals surface area contributed by atoms with Crippen LogP contribution >= 0.6 is 22.6 Å². The Kier molecular flexibility index (Phi) is 6.71. The molecule has 19 heavy (non-hydrogen) atoms. The van der Waals surface area contributed by atoms with Crippen LogP contribution in [-0.4, -0.2) is 12.5 Å². The maximum atomic E-state index is 13.0. The Labute approximate surface area is 127 Å². The summed E-state index contributed by atoms with van der Waals surface area (Å²) in [5, 5.41) is 2.81. The van der Waals surface area contributed by atoms with Crippen molar-refractivity contribution in [2.45, 2.75) is 26.7 Å². The Balaban J connectivity index is 2.59. The molecule has 3 nitrogen and oxygen atoms in total. The van der Waals surface area contributed by atoms with Gasteiger partial charge in [0.25, 0.3) is 0 Å². The van der Waals surface area contributed by atoms with Crippen molar-refractivity contribution in [2.75, 3.05) is 11.9 Å². The van der Waals surface area contributed by atoms with Crippen LogP contribution in [0.2, 0.25) is 0 Å². The molecule has 0 aliphatic carbocycles. The van der Waals surface area contributed by atoms with E-state index in [1.54, 1.807) is 6.07 Å². The molecule has 0 aromatic heterocycles. The highest BCUT2D eigenvalue weighted by Crippen LogP contribution is 2.20. The third-order valence-corrected chi connectivity index (χ3v) is 3.71. The van der Waals surface area contributed by atoms with E-state index in [1.807, 2.05) is 22.6 Å². The number of rotatable bonds is 6. The predicted molar refractivity (Wildman–Crippen MR) is 84.4 cm³/mol. The Bertz CT molecular complexity index is 437. The lowest BCUT2D eigenvalue weighted by atomic mass is 9.94. The summed E-state index contributed by atoms with van der Waals surface area (Å²) in [6.07, 6.45) is 1.34. The van der Waals surface area contributed by atoms with Crippen LogP contribution in [0.5, 0.6) is 0 Å². The third kappa shape index (κ3) is 5.86. The van der Waals surface area contributed by atoms with Gasteiger partial charge in [0, 0.05) is 9.99 Å². The van der Waals surface area contributed by atoms with Crippen LogP contribution in [0.15, 0.2) is 18.2 Å². The number of anilines is 1. The molecule has 0 saturated carbocycles. The summed E-state index contributed by atoms with van der Waals surface area (Å²) in [6.45, 7) is 4.74. The summed E-state index contributed by atoms with van der Waals surface area (Å²) in [7, 11) is 0. The van der Waals surface area contributed by atoms with Crippen LogP contribution < -0.4 is 11.1 Å². The lowest BCUT2D eigenvalue weighted by molar-refractivity contribution is -0.117. The Morgan fingerprint density at radius 1 is 1.47 bits per heavy atom. The minimum absolute atomic E-state index is 0.0689. The van der Waals surface area contributed by atoms with E-state index in [4.69, 9.17) is 5.73 Å². The third-order valence-electron chi connectivity index (χ3n) is 2.82. The van der Waals surface area contributed by atoms with Gasteiger partial charge >= 0.3 is 0 Å². The molecule has 1 rings (SSSR count). The molecule has 0 fully saturated rings. The van der Waals surface area contributed by atoms with Crippen LogP contribution in [0.25, 0.3) is 0 Å². The molecule has 1 amide bonds. The van der Waals surface area contributed by atoms with Crippen molar-refractivity contribution in [3.8, 4) is 0 Å². The largest absolute Gasteiger partial charge is 0.330 e. The van der Waals surface area contributed by atoms with Crippen LogP contribution in [0.1, 0.15) is 26.7 Å². The first-order valence-electron chi connectivity index (χ1n) is 6.37. The average molecular weight is 378 g/mol. The molecular formula is C14H20FIN2O. The van der Waals surface area contributed by atoms with Crippen molar-refractivity contribution in [2.24, 2.45) is 17.6 Å². The summed E-state index contributed by atoms with van der Waals surface area (Å²) in [5.41, 5.74) is 6.33. The lowest BCUT2D eigenvalue weighted by Crippen LogP contribution is -2.23. The van der Waals surface area contributed by atoms with Gasteiger partial charge in [-0.25, -0.2) is 4.39 Å². The minimum atomic E-state index is -0.304. The molecule has 0 aliphatic rings. The Hall–Kier alpha value is -0.690. The number of hydrogen-bond donors (Lipinski definition) is 2. The number of nitrogens with one attached hydrogen (secondary N) is 1. The van der Waals surface area contributed by atoms with Gasteiger partial charge in [-0.2, -0.15) is 0 Å². The van der Waals surface area contributed by atoms with Gasteiger partial charge in [-0.05, 0) is 65.6 Å². The molecule has 106 valence electrons. The zero-order valence-electron chi connectivity index (χ0n) is 11.2. The normalized spacial score (nSPS) is 12.5. The fourth-order valence-corrected chi connectivity index (χ4v) is 2.60. The fourth-order valence-electron chi connectivity index (χ4n) is 1.98. The van der Waals surface area contributed by atoms with E-state index in [0.717, 1.165) is 6.42 Å². The summed E-state index contributed by atoms with van der Waals surface area (Å²) in [6, 6.07) is 4.31. The maximum Gasteiger partial charge on any atom is 0.224 e. The molecule has 3 N–H and O–H groups in total. The fraction of sp³-hybridized carbons (Fsp3) is 0.500. The van der Waals surface area contributed by atoms with Gasteiger partial charge in [0.2, 0.25) is 5.91 Å². The highest BCUT2D eigenvalue weighted by atomic mass is 127. The summed E-state index contributed by atoms with van der Waals surface area (Å²) < 4.78 is 13.7. The standard InChI is InChI=1S/C14H20FIN2O/c1-9(2)5-10(8-17)6-14(19)18-13-4-3-11(15)7-12(13)16/h3-4,7,9-10H,5-6,8,17H2,1-2H3,(H,18,19)/t10-/m0/s1. The second-order valence-electron chi connectivity index (χ2n) is 5.11. The van der Waals surface area contributed by atoms with E-state index in [-0.39, 0.29) is 17.6 Å². The first kappa shape index (κ1) is 16.4. The maximum absolute atomic E-state index is 13.0. The number of carbonyl (C=O) groups is 1. The monoisotopic (exact) mass is 378 g/mol. The molecule has 5 heteroatoms. The van der Waals surface area contributed by atoms with E-state index in [0.29, 0.717) is 28.1 Å². The Morgan fingerprint density at radius 3 is 2.68 bits per heavy atom. The number of hydrogen-bond acceptors (Lipinski definition) is 2. The van der Waals surface area contributed by atoms with Gasteiger partial charge in [-0.15, -0.1) is 0 Å². The minimum Gasteiger partial charge on any atom is -0.330 e. The molecular weight excluding hydrogens is 358 g/mol. The van der Waals surface area contributed by atoms with Crippen molar-refractivity contribution in [1.82, 2.24) is 0 Å². The molecule has 0 bridgehead atoms. The van der Waals surface area contributed by atoms with E-state index in [9.17, 15) is 9.18 Å². The van der Waals surface area contributed by atoms with E-state index >= 15 is 0 Å². The van der Waals surface area contributed by atoms with E-state index < -0.39 is 0 Å². The number of carbonyl (C=O) groups excluding carboxylic acids is 1. The summed E-state index contributed by atoms with van der Waals surface area (Å²) in [5.74, 6) is 0.341. The zero-order valence-corrected chi connectivity index (χ0v) is 13.4. The van der Waals surface area contributed by atoms with Gasteiger partial charge in [0.05, 0.1) is 5.69 Å². The van der Waals surface area contributed by atoms with Crippen LogP contribution in [0.3, 0.4) is 0 Å². The van der Waals surface area contributed by atoms with E-state index in [2.05, 4.69) is 19.2 Å². The van der Waals surface area contributed by atoms with Crippen LogP contribution in [-0.2, 0) is 4.79 Å². The Morgan fingerprint density at radius 2 is 2.16 bits per heavy atom. The van der Waals surface area contributed by atoms with Gasteiger partial charge in [0.15, 0.2) is 0 Å². The first-order valence-corrected chi connectivity index (χ1v) is 7.45. The topological polar surface area (TPSA) is 55.1 Å². The molecule has 0 saturated heterocycles. The molecule has 0 unspecified atom stereocenters. The molecule has 0 aliphatic heterocycles. The average Bonchev–Trinajstić information content (AvgIpc) is 2.31. The summed E-state index contributed by atoms with van der Waals surface area (Å²) >= 11 is 2.00.